The summed E-state index contributed by atoms with van der Waals surface area (Å²) in [7, 11) is 0. The fourth-order valence-electron chi connectivity index (χ4n) is 1.93. The number of aliphatic carboxylic acids is 1. The molecule has 5 heteroatoms. The summed E-state index contributed by atoms with van der Waals surface area (Å²) in [6, 6.07) is 9.00. The SMILES string of the molecule is Cc1cc(C(Cc2ccc(Cl)cc2)C(=O)O)ncc1Br. The van der Waals surface area contributed by atoms with Crippen molar-refractivity contribution >= 4 is 33.5 Å². The van der Waals surface area contributed by atoms with Gasteiger partial charge in [0.25, 0.3) is 0 Å². The van der Waals surface area contributed by atoms with Crippen molar-refractivity contribution in [2.45, 2.75) is 19.3 Å². The molecule has 1 aromatic carbocycles. The average Bonchev–Trinajstić information content (AvgIpc) is 2.41. The van der Waals surface area contributed by atoms with E-state index in [0.29, 0.717) is 17.1 Å². The number of benzene rings is 1. The smallest absolute Gasteiger partial charge is 0.312 e. The molecule has 2 rings (SSSR count). The molecule has 0 aliphatic heterocycles. The van der Waals surface area contributed by atoms with Crippen molar-refractivity contribution in [3.05, 3.63) is 62.8 Å². The van der Waals surface area contributed by atoms with E-state index in [-0.39, 0.29) is 0 Å². The number of aromatic nitrogens is 1. The van der Waals surface area contributed by atoms with Crippen LogP contribution in [0.25, 0.3) is 0 Å². The molecule has 1 unspecified atom stereocenters. The highest BCUT2D eigenvalue weighted by molar-refractivity contribution is 9.10. The van der Waals surface area contributed by atoms with E-state index < -0.39 is 11.9 Å². The summed E-state index contributed by atoms with van der Waals surface area (Å²) in [5.74, 6) is -1.54. The highest BCUT2D eigenvalue weighted by Crippen LogP contribution is 2.24. The molecule has 0 saturated carbocycles. The molecule has 0 saturated heterocycles. The van der Waals surface area contributed by atoms with Crippen LogP contribution in [0.5, 0.6) is 0 Å². The lowest BCUT2D eigenvalue weighted by atomic mass is 9.95. The number of carbonyl (C=O) groups is 1. The van der Waals surface area contributed by atoms with Crippen LogP contribution in [0.15, 0.2) is 41.0 Å². The minimum Gasteiger partial charge on any atom is -0.481 e. The van der Waals surface area contributed by atoms with Crippen LogP contribution < -0.4 is 0 Å². The first-order valence-corrected chi connectivity index (χ1v) is 7.24. The Kier molecular flexibility index (Phi) is 4.78. The Labute approximate surface area is 130 Å². The monoisotopic (exact) mass is 353 g/mol. The van der Waals surface area contributed by atoms with Crippen LogP contribution in [0, 0.1) is 6.92 Å². The lowest BCUT2D eigenvalue weighted by molar-refractivity contribution is -0.138. The third kappa shape index (κ3) is 3.58. The first-order chi connectivity index (χ1) is 9.47. The van der Waals surface area contributed by atoms with Crippen LogP contribution in [-0.2, 0) is 11.2 Å². The molecule has 1 N–H and O–H groups in total. The summed E-state index contributed by atoms with van der Waals surface area (Å²) < 4.78 is 0.872. The quantitative estimate of drug-likeness (QED) is 0.894. The van der Waals surface area contributed by atoms with Crippen molar-refractivity contribution in [3.63, 3.8) is 0 Å². The number of hydrogen-bond donors (Lipinski definition) is 1. The molecule has 104 valence electrons. The maximum atomic E-state index is 11.5. The van der Waals surface area contributed by atoms with Gasteiger partial charge in [-0.15, -0.1) is 0 Å². The molecule has 20 heavy (non-hydrogen) atoms. The summed E-state index contributed by atoms with van der Waals surface area (Å²) in [4.78, 5) is 15.7. The minimum absolute atomic E-state index is 0.389. The number of carboxylic acid groups (broad SMARTS) is 1. The van der Waals surface area contributed by atoms with Gasteiger partial charge in [0, 0.05) is 15.7 Å². The van der Waals surface area contributed by atoms with Crippen molar-refractivity contribution in [2.75, 3.05) is 0 Å². The number of carboxylic acids is 1. The third-order valence-electron chi connectivity index (χ3n) is 3.08. The summed E-state index contributed by atoms with van der Waals surface area (Å²) >= 11 is 9.20. The Hall–Kier alpha value is -1.39. The number of nitrogens with zero attached hydrogens (tertiary/aromatic N) is 1. The van der Waals surface area contributed by atoms with Crippen LogP contribution >= 0.6 is 27.5 Å². The van der Waals surface area contributed by atoms with Crippen LogP contribution in [0.3, 0.4) is 0 Å². The molecule has 0 aliphatic rings. The summed E-state index contributed by atoms with van der Waals surface area (Å²) in [5.41, 5.74) is 2.45. The van der Waals surface area contributed by atoms with Crippen molar-refractivity contribution in [1.82, 2.24) is 4.98 Å². The van der Waals surface area contributed by atoms with Gasteiger partial charge in [-0.3, -0.25) is 9.78 Å². The maximum Gasteiger partial charge on any atom is 0.312 e. The van der Waals surface area contributed by atoms with Gasteiger partial charge in [-0.2, -0.15) is 0 Å². The van der Waals surface area contributed by atoms with E-state index in [9.17, 15) is 9.90 Å². The summed E-state index contributed by atoms with van der Waals surface area (Å²) in [6.07, 6.45) is 2.03. The predicted octanol–water partition coefficient (Wildman–Crippen LogP) is 4.22. The molecular weight excluding hydrogens is 342 g/mol. The topological polar surface area (TPSA) is 50.2 Å². The second kappa shape index (κ2) is 6.37. The Morgan fingerprint density at radius 1 is 1.40 bits per heavy atom. The molecule has 2 aromatic rings. The number of halogens is 2. The van der Waals surface area contributed by atoms with Crippen molar-refractivity contribution in [2.24, 2.45) is 0 Å². The molecular formula is C15H13BrClNO2. The van der Waals surface area contributed by atoms with Gasteiger partial charge in [-0.25, -0.2) is 0 Å². The standard InChI is InChI=1S/C15H13BrClNO2/c1-9-6-14(18-8-13(9)16)12(15(19)20)7-10-2-4-11(17)5-3-10/h2-6,8,12H,7H2,1H3,(H,19,20). The van der Waals surface area contributed by atoms with Gasteiger partial charge in [-0.05, 0) is 58.6 Å². The zero-order valence-corrected chi connectivity index (χ0v) is 13.1. The fraction of sp³-hybridized carbons (Fsp3) is 0.200. The maximum absolute atomic E-state index is 11.5. The van der Waals surface area contributed by atoms with E-state index >= 15 is 0 Å². The van der Waals surface area contributed by atoms with Crippen LogP contribution in [0.2, 0.25) is 5.02 Å². The molecule has 0 radical (unpaired) electrons. The molecule has 0 aliphatic carbocycles. The van der Waals surface area contributed by atoms with Crippen molar-refractivity contribution in [3.8, 4) is 0 Å². The van der Waals surface area contributed by atoms with Gasteiger partial charge >= 0.3 is 5.97 Å². The lowest BCUT2D eigenvalue weighted by Gasteiger charge is -2.13. The molecule has 0 amide bonds. The zero-order chi connectivity index (χ0) is 14.7. The first-order valence-electron chi connectivity index (χ1n) is 6.06. The normalized spacial score (nSPS) is 12.2. The molecule has 1 heterocycles. The molecule has 0 fully saturated rings. The number of rotatable bonds is 4. The minimum atomic E-state index is -0.880. The van der Waals surface area contributed by atoms with E-state index in [0.717, 1.165) is 15.6 Å². The van der Waals surface area contributed by atoms with Crippen LogP contribution in [0.1, 0.15) is 22.7 Å². The Bertz CT molecular complexity index is 628. The third-order valence-corrected chi connectivity index (χ3v) is 4.16. The van der Waals surface area contributed by atoms with E-state index in [1.807, 2.05) is 19.1 Å². The van der Waals surface area contributed by atoms with E-state index in [1.54, 1.807) is 24.4 Å². The second-order valence-corrected chi connectivity index (χ2v) is 5.87. The highest BCUT2D eigenvalue weighted by Gasteiger charge is 2.22. The Balaban J connectivity index is 2.29. The molecule has 1 atom stereocenters. The zero-order valence-electron chi connectivity index (χ0n) is 10.8. The summed E-state index contributed by atoms with van der Waals surface area (Å²) in [6.45, 7) is 1.91. The van der Waals surface area contributed by atoms with Crippen LogP contribution in [0.4, 0.5) is 0 Å². The van der Waals surface area contributed by atoms with E-state index in [2.05, 4.69) is 20.9 Å². The van der Waals surface area contributed by atoms with Gasteiger partial charge < -0.3 is 5.11 Å². The number of aryl methyl sites for hydroxylation is 1. The lowest BCUT2D eigenvalue weighted by Crippen LogP contribution is -2.16. The van der Waals surface area contributed by atoms with E-state index in [1.165, 1.54) is 0 Å². The van der Waals surface area contributed by atoms with Crippen LogP contribution in [-0.4, -0.2) is 16.1 Å². The Morgan fingerprint density at radius 2 is 2.05 bits per heavy atom. The van der Waals surface area contributed by atoms with Gasteiger partial charge in [0.1, 0.15) is 5.92 Å². The van der Waals surface area contributed by atoms with Gasteiger partial charge in [0.2, 0.25) is 0 Å². The van der Waals surface area contributed by atoms with E-state index in [4.69, 9.17) is 11.6 Å². The Morgan fingerprint density at radius 3 is 2.60 bits per heavy atom. The average molecular weight is 355 g/mol. The van der Waals surface area contributed by atoms with Crippen molar-refractivity contribution < 1.29 is 9.90 Å². The first kappa shape index (κ1) is 15.0. The van der Waals surface area contributed by atoms with Gasteiger partial charge in [0.15, 0.2) is 0 Å². The van der Waals surface area contributed by atoms with Gasteiger partial charge in [0.05, 0.1) is 5.69 Å². The predicted molar refractivity (Wildman–Crippen MR) is 82.2 cm³/mol. The molecule has 0 spiro atoms. The molecule has 1 aromatic heterocycles. The van der Waals surface area contributed by atoms with Crippen molar-refractivity contribution in [1.29, 1.82) is 0 Å². The number of hydrogen-bond acceptors (Lipinski definition) is 2. The highest BCUT2D eigenvalue weighted by atomic mass is 79.9. The fourth-order valence-corrected chi connectivity index (χ4v) is 2.27. The second-order valence-electron chi connectivity index (χ2n) is 4.58. The molecule has 0 bridgehead atoms. The summed E-state index contributed by atoms with van der Waals surface area (Å²) in [5, 5.41) is 10.1. The molecule has 3 nitrogen and oxygen atoms in total. The largest absolute Gasteiger partial charge is 0.481 e. The van der Waals surface area contributed by atoms with Gasteiger partial charge in [-0.1, -0.05) is 23.7 Å². The number of pyridine rings is 1.